The molecule has 2 amide bonds. The highest BCUT2D eigenvalue weighted by molar-refractivity contribution is 5.87. The molecule has 4 nitrogen and oxygen atoms in total. The molecule has 0 unspecified atom stereocenters. The number of nitrogens with one attached hydrogen (secondary N) is 1. The van der Waals surface area contributed by atoms with E-state index >= 15 is 0 Å². The van der Waals surface area contributed by atoms with Crippen LogP contribution in [0, 0.1) is 0 Å². The number of hydrogen-bond acceptors (Lipinski definition) is 2. The van der Waals surface area contributed by atoms with Gasteiger partial charge in [-0.2, -0.15) is 0 Å². The minimum Gasteiger partial charge on any atom is -0.350 e. The molecule has 0 spiro atoms. The summed E-state index contributed by atoms with van der Waals surface area (Å²) in [6.07, 6.45) is 1.70. The van der Waals surface area contributed by atoms with Crippen molar-refractivity contribution in [2.75, 3.05) is 6.54 Å². The fraction of sp³-hybridized carbons (Fsp3) is 0.818. The normalized spacial score (nSPS) is 21.6. The van der Waals surface area contributed by atoms with Gasteiger partial charge in [-0.15, -0.1) is 0 Å². The number of likely N-dealkylation sites (tertiary alicyclic amines) is 1. The van der Waals surface area contributed by atoms with Crippen LogP contribution in [0.5, 0.6) is 0 Å². The average molecular weight is 212 g/mol. The molecule has 1 atom stereocenters. The van der Waals surface area contributed by atoms with Gasteiger partial charge in [-0.05, 0) is 33.6 Å². The van der Waals surface area contributed by atoms with Crippen molar-refractivity contribution in [3.63, 3.8) is 0 Å². The van der Waals surface area contributed by atoms with E-state index in [0.29, 0.717) is 6.54 Å². The molecule has 0 bridgehead atoms. The Balaban J connectivity index is 2.63. The zero-order chi connectivity index (χ0) is 11.6. The molecule has 1 heterocycles. The van der Waals surface area contributed by atoms with E-state index in [1.807, 2.05) is 20.8 Å². The van der Waals surface area contributed by atoms with E-state index < -0.39 is 0 Å². The second-order valence-electron chi connectivity index (χ2n) is 5.11. The van der Waals surface area contributed by atoms with E-state index in [4.69, 9.17) is 0 Å². The maximum absolute atomic E-state index is 11.9. The predicted octanol–water partition coefficient (Wildman–Crippen LogP) is 0.912. The molecular weight excluding hydrogens is 192 g/mol. The van der Waals surface area contributed by atoms with Gasteiger partial charge in [0.1, 0.15) is 6.04 Å². The first kappa shape index (κ1) is 12.0. The Morgan fingerprint density at radius 3 is 2.40 bits per heavy atom. The van der Waals surface area contributed by atoms with Crippen LogP contribution < -0.4 is 5.32 Å². The van der Waals surface area contributed by atoms with Gasteiger partial charge in [0, 0.05) is 19.0 Å². The summed E-state index contributed by atoms with van der Waals surface area (Å²) in [5.74, 6) is -0.0447. The Kier molecular flexibility index (Phi) is 3.37. The van der Waals surface area contributed by atoms with Crippen LogP contribution >= 0.6 is 0 Å². The van der Waals surface area contributed by atoms with Gasteiger partial charge >= 0.3 is 0 Å². The fourth-order valence-electron chi connectivity index (χ4n) is 1.87. The van der Waals surface area contributed by atoms with Crippen molar-refractivity contribution in [1.82, 2.24) is 10.2 Å². The third-order valence-corrected chi connectivity index (χ3v) is 2.46. The fourth-order valence-corrected chi connectivity index (χ4v) is 1.87. The highest BCUT2D eigenvalue weighted by Gasteiger charge is 2.33. The standard InChI is InChI=1S/C11H20N2O2/c1-8(14)13-7-5-6-9(13)10(15)12-11(2,3)4/h9H,5-7H2,1-4H3,(H,12,15)/t9-/m0/s1. The van der Waals surface area contributed by atoms with Crippen LogP contribution in [0.2, 0.25) is 0 Å². The zero-order valence-electron chi connectivity index (χ0n) is 9.96. The van der Waals surface area contributed by atoms with Crippen molar-refractivity contribution in [2.24, 2.45) is 0 Å². The Labute approximate surface area is 91.0 Å². The van der Waals surface area contributed by atoms with Crippen LogP contribution in [0.4, 0.5) is 0 Å². The smallest absolute Gasteiger partial charge is 0.243 e. The van der Waals surface area contributed by atoms with Crippen molar-refractivity contribution in [3.05, 3.63) is 0 Å². The Morgan fingerprint density at radius 1 is 1.33 bits per heavy atom. The molecule has 0 aromatic heterocycles. The predicted molar refractivity (Wildman–Crippen MR) is 58.3 cm³/mol. The van der Waals surface area contributed by atoms with E-state index in [1.54, 1.807) is 4.90 Å². The summed E-state index contributed by atoms with van der Waals surface area (Å²) in [4.78, 5) is 24.8. The van der Waals surface area contributed by atoms with Crippen LogP contribution in [0.15, 0.2) is 0 Å². The molecular formula is C11H20N2O2. The molecule has 1 rings (SSSR count). The van der Waals surface area contributed by atoms with Gasteiger partial charge in [0.2, 0.25) is 11.8 Å². The van der Waals surface area contributed by atoms with Crippen LogP contribution in [0.25, 0.3) is 0 Å². The molecule has 4 heteroatoms. The second kappa shape index (κ2) is 4.21. The van der Waals surface area contributed by atoms with Crippen molar-refractivity contribution < 1.29 is 9.59 Å². The number of carbonyl (C=O) groups is 2. The van der Waals surface area contributed by atoms with E-state index in [2.05, 4.69) is 5.32 Å². The quantitative estimate of drug-likeness (QED) is 0.702. The first-order chi connectivity index (χ1) is 6.81. The number of nitrogens with zero attached hydrogens (tertiary/aromatic N) is 1. The summed E-state index contributed by atoms with van der Waals surface area (Å²) < 4.78 is 0. The third kappa shape index (κ3) is 3.22. The zero-order valence-corrected chi connectivity index (χ0v) is 9.96. The number of carbonyl (C=O) groups excluding carboxylic acids is 2. The van der Waals surface area contributed by atoms with Crippen LogP contribution in [-0.2, 0) is 9.59 Å². The largest absolute Gasteiger partial charge is 0.350 e. The number of hydrogen-bond donors (Lipinski definition) is 1. The molecule has 0 aliphatic carbocycles. The first-order valence-electron chi connectivity index (χ1n) is 5.40. The van der Waals surface area contributed by atoms with Gasteiger partial charge in [0.25, 0.3) is 0 Å². The van der Waals surface area contributed by atoms with Gasteiger partial charge in [-0.25, -0.2) is 0 Å². The summed E-state index contributed by atoms with van der Waals surface area (Å²) in [5, 5.41) is 2.91. The highest BCUT2D eigenvalue weighted by atomic mass is 16.2. The summed E-state index contributed by atoms with van der Waals surface area (Å²) >= 11 is 0. The molecule has 86 valence electrons. The lowest BCUT2D eigenvalue weighted by Crippen LogP contribution is -2.50. The van der Waals surface area contributed by atoms with E-state index in [9.17, 15) is 9.59 Å². The minimum atomic E-state index is -0.262. The molecule has 1 N–H and O–H groups in total. The first-order valence-corrected chi connectivity index (χ1v) is 5.40. The van der Waals surface area contributed by atoms with Crippen molar-refractivity contribution in [3.8, 4) is 0 Å². The molecule has 0 aromatic carbocycles. The maximum Gasteiger partial charge on any atom is 0.243 e. The SMILES string of the molecule is CC(=O)N1CCC[C@H]1C(=O)NC(C)(C)C. The highest BCUT2D eigenvalue weighted by Crippen LogP contribution is 2.18. The van der Waals surface area contributed by atoms with E-state index in [0.717, 1.165) is 12.8 Å². The van der Waals surface area contributed by atoms with Crippen LogP contribution in [0.3, 0.4) is 0 Å². The molecule has 1 fully saturated rings. The number of rotatable bonds is 1. The third-order valence-electron chi connectivity index (χ3n) is 2.46. The van der Waals surface area contributed by atoms with Crippen molar-refractivity contribution in [2.45, 2.75) is 52.1 Å². The summed E-state index contributed by atoms with van der Waals surface area (Å²) in [6.45, 7) is 8.05. The molecule has 1 aliphatic rings. The lowest BCUT2D eigenvalue weighted by atomic mass is 10.1. The van der Waals surface area contributed by atoms with Crippen molar-refractivity contribution >= 4 is 11.8 Å². The molecule has 15 heavy (non-hydrogen) atoms. The Morgan fingerprint density at radius 2 is 1.93 bits per heavy atom. The van der Waals surface area contributed by atoms with Crippen LogP contribution in [0.1, 0.15) is 40.5 Å². The maximum atomic E-state index is 11.9. The van der Waals surface area contributed by atoms with Crippen LogP contribution in [-0.4, -0.2) is 34.8 Å². The summed E-state index contributed by atoms with van der Waals surface area (Å²) in [6, 6.07) is -0.262. The van der Waals surface area contributed by atoms with Gasteiger partial charge in [0.05, 0.1) is 0 Å². The summed E-state index contributed by atoms with van der Waals surface area (Å²) in [7, 11) is 0. The lowest BCUT2D eigenvalue weighted by molar-refractivity contribution is -0.137. The van der Waals surface area contributed by atoms with Crippen molar-refractivity contribution in [1.29, 1.82) is 0 Å². The minimum absolute atomic E-state index is 0.0124. The van der Waals surface area contributed by atoms with Gasteiger partial charge < -0.3 is 10.2 Å². The topological polar surface area (TPSA) is 49.4 Å². The van der Waals surface area contributed by atoms with Gasteiger partial charge in [-0.3, -0.25) is 9.59 Å². The molecule has 0 aromatic rings. The van der Waals surface area contributed by atoms with Gasteiger partial charge in [0.15, 0.2) is 0 Å². The Bertz CT molecular complexity index is 268. The molecule has 1 saturated heterocycles. The molecule has 0 saturated carbocycles. The molecule has 0 radical (unpaired) electrons. The van der Waals surface area contributed by atoms with E-state index in [1.165, 1.54) is 6.92 Å². The monoisotopic (exact) mass is 212 g/mol. The second-order valence-corrected chi connectivity index (χ2v) is 5.11. The van der Waals surface area contributed by atoms with Gasteiger partial charge in [-0.1, -0.05) is 0 Å². The number of amides is 2. The molecule has 1 aliphatic heterocycles. The lowest BCUT2D eigenvalue weighted by Gasteiger charge is -2.27. The average Bonchev–Trinajstić information content (AvgIpc) is 2.47. The van der Waals surface area contributed by atoms with E-state index in [-0.39, 0.29) is 23.4 Å². The summed E-state index contributed by atoms with van der Waals surface area (Å²) in [5.41, 5.74) is -0.234. The Hall–Kier alpha value is -1.06.